The van der Waals surface area contributed by atoms with Crippen LogP contribution in [0.1, 0.15) is 38.3 Å². The van der Waals surface area contributed by atoms with E-state index in [2.05, 4.69) is 29.4 Å². The Kier molecular flexibility index (Phi) is 3.64. The predicted octanol–water partition coefficient (Wildman–Crippen LogP) is 3.04. The summed E-state index contributed by atoms with van der Waals surface area (Å²) >= 11 is 0. The Bertz CT molecular complexity index is 366. The van der Waals surface area contributed by atoms with Gasteiger partial charge in [-0.05, 0) is 55.7 Å². The molecule has 3 atom stereocenters. The molecule has 1 aromatic rings. The van der Waals surface area contributed by atoms with Gasteiger partial charge in [0, 0.05) is 24.4 Å². The molecule has 3 rings (SSSR count). The summed E-state index contributed by atoms with van der Waals surface area (Å²) < 4.78 is 0. The Morgan fingerprint density at radius 2 is 2.17 bits per heavy atom. The molecule has 98 valence electrons. The van der Waals surface area contributed by atoms with Gasteiger partial charge in [-0.25, -0.2) is 0 Å². The third-order valence-corrected chi connectivity index (χ3v) is 4.75. The van der Waals surface area contributed by atoms with E-state index in [4.69, 9.17) is 0 Å². The number of nitrogens with one attached hydrogen (secondary N) is 1. The number of hydrogen-bond donors (Lipinski definition) is 1. The van der Waals surface area contributed by atoms with Crippen molar-refractivity contribution in [2.24, 2.45) is 17.8 Å². The average Bonchev–Trinajstić information content (AvgIpc) is 2.88. The van der Waals surface area contributed by atoms with Gasteiger partial charge in [0.2, 0.25) is 0 Å². The summed E-state index contributed by atoms with van der Waals surface area (Å²) in [5.41, 5.74) is 1.25. The van der Waals surface area contributed by atoms with E-state index < -0.39 is 0 Å². The van der Waals surface area contributed by atoms with Crippen LogP contribution in [0, 0.1) is 17.8 Å². The molecule has 0 saturated heterocycles. The second kappa shape index (κ2) is 5.40. The van der Waals surface area contributed by atoms with Crippen molar-refractivity contribution in [2.45, 2.75) is 45.1 Å². The normalized spacial score (nSPS) is 31.1. The van der Waals surface area contributed by atoms with E-state index in [0.29, 0.717) is 6.04 Å². The number of aromatic nitrogens is 1. The van der Waals surface area contributed by atoms with Crippen LogP contribution in [-0.4, -0.2) is 17.6 Å². The molecule has 2 nitrogen and oxygen atoms in total. The van der Waals surface area contributed by atoms with Crippen LogP contribution in [0.3, 0.4) is 0 Å². The van der Waals surface area contributed by atoms with Gasteiger partial charge < -0.3 is 5.32 Å². The first-order chi connectivity index (χ1) is 8.90. The van der Waals surface area contributed by atoms with Crippen molar-refractivity contribution in [3.05, 3.63) is 30.1 Å². The van der Waals surface area contributed by atoms with Crippen molar-refractivity contribution >= 4 is 0 Å². The molecule has 1 aromatic heterocycles. The second-order valence-electron chi connectivity index (χ2n) is 5.92. The standard InChI is InChI=1S/C16H24N2/c1-2-9-18-15(11-12-6-3-4-10-17-12)16-13-7-5-8-14(13)16/h3-4,6,10,13-16,18H,2,5,7-9,11H2,1H3. The van der Waals surface area contributed by atoms with Crippen LogP contribution >= 0.6 is 0 Å². The lowest BCUT2D eigenvalue weighted by Gasteiger charge is -2.20. The van der Waals surface area contributed by atoms with Crippen molar-refractivity contribution in [2.75, 3.05) is 6.54 Å². The van der Waals surface area contributed by atoms with E-state index in [-0.39, 0.29) is 0 Å². The minimum Gasteiger partial charge on any atom is -0.313 e. The molecule has 2 saturated carbocycles. The first-order valence-corrected chi connectivity index (χ1v) is 7.53. The van der Waals surface area contributed by atoms with Gasteiger partial charge in [-0.1, -0.05) is 19.4 Å². The van der Waals surface area contributed by atoms with E-state index >= 15 is 0 Å². The first-order valence-electron chi connectivity index (χ1n) is 7.53. The zero-order chi connectivity index (χ0) is 12.4. The minimum absolute atomic E-state index is 0.662. The maximum absolute atomic E-state index is 4.49. The molecular weight excluding hydrogens is 220 g/mol. The third-order valence-electron chi connectivity index (χ3n) is 4.75. The minimum atomic E-state index is 0.662. The van der Waals surface area contributed by atoms with E-state index in [1.807, 2.05) is 12.3 Å². The van der Waals surface area contributed by atoms with Crippen molar-refractivity contribution < 1.29 is 0 Å². The summed E-state index contributed by atoms with van der Waals surface area (Å²) in [6.45, 7) is 3.39. The predicted molar refractivity (Wildman–Crippen MR) is 74.3 cm³/mol. The Labute approximate surface area is 110 Å². The van der Waals surface area contributed by atoms with E-state index in [1.54, 1.807) is 0 Å². The van der Waals surface area contributed by atoms with Gasteiger partial charge >= 0.3 is 0 Å². The van der Waals surface area contributed by atoms with Crippen LogP contribution in [-0.2, 0) is 6.42 Å². The number of fused-ring (bicyclic) bond motifs is 1. The van der Waals surface area contributed by atoms with E-state index in [1.165, 1.54) is 31.4 Å². The quantitative estimate of drug-likeness (QED) is 0.832. The molecule has 1 N–H and O–H groups in total. The largest absolute Gasteiger partial charge is 0.313 e. The van der Waals surface area contributed by atoms with Gasteiger partial charge in [0.1, 0.15) is 0 Å². The fourth-order valence-corrected chi connectivity index (χ4v) is 3.89. The zero-order valence-corrected chi connectivity index (χ0v) is 11.3. The first kappa shape index (κ1) is 12.2. The Morgan fingerprint density at radius 1 is 1.33 bits per heavy atom. The lowest BCUT2D eigenvalue weighted by molar-refractivity contribution is 0.401. The maximum atomic E-state index is 4.49. The highest BCUT2D eigenvalue weighted by atomic mass is 14.9. The van der Waals surface area contributed by atoms with Gasteiger partial charge in [-0.2, -0.15) is 0 Å². The highest BCUT2D eigenvalue weighted by molar-refractivity contribution is 5.12. The molecule has 0 aliphatic heterocycles. The van der Waals surface area contributed by atoms with E-state index in [9.17, 15) is 0 Å². The smallest absolute Gasteiger partial charge is 0.0419 e. The molecule has 0 aromatic carbocycles. The van der Waals surface area contributed by atoms with Crippen LogP contribution < -0.4 is 5.32 Å². The number of nitrogens with zero attached hydrogens (tertiary/aromatic N) is 1. The van der Waals surface area contributed by atoms with Crippen LogP contribution in [0.4, 0.5) is 0 Å². The molecular formula is C16H24N2. The van der Waals surface area contributed by atoms with Gasteiger partial charge in [-0.15, -0.1) is 0 Å². The lowest BCUT2D eigenvalue weighted by atomic mass is 9.99. The van der Waals surface area contributed by atoms with Crippen molar-refractivity contribution in [1.82, 2.24) is 10.3 Å². The van der Waals surface area contributed by atoms with Crippen molar-refractivity contribution in [3.8, 4) is 0 Å². The molecule has 0 radical (unpaired) electrons. The van der Waals surface area contributed by atoms with Crippen LogP contribution in [0.2, 0.25) is 0 Å². The molecule has 0 amide bonds. The molecule has 18 heavy (non-hydrogen) atoms. The molecule has 2 aliphatic carbocycles. The molecule has 2 aliphatic rings. The van der Waals surface area contributed by atoms with Crippen molar-refractivity contribution in [1.29, 1.82) is 0 Å². The second-order valence-corrected chi connectivity index (χ2v) is 5.92. The van der Waals surface area contributed by atoms with E-state index in [0.717, 1.165) is 30.7 Å². The van der Waals surface area contributed by atoms with Crippen LogP contribution in [0.25, 0.3) is 0 Å². The van der Waals surface area contributed by atoms with Gasteiger partial charge in [0.25, 0.3) is 0 Å². The molecule has 1 heterocycles. The summed E-state index contributed by atoms with van der Waals surface area (Å²) in [4.78, 5) is 4.49. The maximum Gasteiger partial charge on any atom is 0.0419 e. The number of rotatable bonds is 6. The molecule has 0 spiro atoms. The topological polar surface area (TPSA) is 24.9 Å². The fraction of sp³-hybridized carbons (Fsp3) is 0.688. The highest BCUT2D eigenvalue weighted by Gasteiger charge is 2.55. The third kappa shape index (κ3) is 2.44. The number of pyridine rings is 1. The lowest BCUT2D eigenvalue weighted by Crippen LogP contribution is -2.35. The highest BCUT2D eigenvalue weighted by Crippen LogP contribution is 2.59. The summed E-state index contributed by atoms with van der Waals surface area (Å²) in [5, 5.41) is 3.77. The summed E-state index contributed by atoms with van der Waals surface area (Å²) in [7, 11) is 0. The van der Waals surface area contributed by atoms with Gasteiger partial charge in [0.05, 0.1) is 0 Å². The Hall–Kier alpha value is -0.890. The Balaban J connectivity index is 1.63. The summed E-state index contributed by atoms with van der Waals surface area (Å²) in [6.07, 6.45) is 8.67. The fourth-order valence-electron chi connectivity index (χ4n) is 3.89. The SMILES string of the molecule is CCCNC(Cc1ccccn1)C1C2CCCC21. The van der Waals surface area contributed by atoms with Gasteiger partial charge in [-0.3, -0.25) is 4.98 Å². The summed E-state index contributed by atoms with van der Waals surface area (Å²) in [6, 6.07) is 6.94. The molecule has 2 fully saturated rings. The van der Waals surface area contributed by atoms with Crippen LogP contribution in [0.5, 0.6) is 0 Å². The van der Waals surface area contributed by atoms with Crippen LogP contribution in [0.15, 0.2) is 24.4 Å². The zero-order valence-electron chi connectivity index (χ0n) is 11.3. The Morgan fingerprint density at radius 3 is 2.83 bits per heavy atom. The molecule has 3 unspecified atom stereocenters. The average molecular weight is 244 g/mol. The number of hydrogen-bond acceptors (Lipinski definition) is 2. The molecule has 2 heteroatoms. The monoisotopic (exact) mass is 244 g/mol. The summed E-state index contributed by atoms with van der Waals surface area (Å²) in [5.74, 6) is 3.00. The van der Waals surface area contributed by atoms with Gasteiger partial charge in [0.15, 0.2) is 0 Å². The molecule has 0 bridgehead atoms. The van der Waals surface area contributed by atoms with Crippen molar-refractivity contribution in [3.63, 3.8) is 0 Å².